The fourth-order valence-electron chi connectivity index (χ4n) is 3.94. The van der Waals surface area contributed by atoms with Crippen LogP contribution in [0.2, 0.25) is 0 Å². The van der Waals surface area contributed by atoms with E-state index in [1.165, 1.54) is 12.0 Å². The van der Waals surface area contributed by atoms with Crippen molar-refractivity contribution in [1.29, 1.82) is 0 Å². The third-order valence-corrected chi connectivity index (χ3v) is 5.50. The maximum Gasteiger partial charge on any atom is 0.238 e. The lowest BCUT2D eigenvalue weighted by Crippen LogP contribution is -2.35. The van der Waals surface area contributed by atoms with Gasteiger partial charge in [-0.1, -0.05) is 30.3 Å². The topological polar surface area (TPSA) is 44.8 Å². The number of rotatable bonds is 8. The van der Waals surface area contributed by atoms with E-state index in [0.29, 0.717) is 19.2 Å². The second kappa shape index (κ2) is 11.0. The first kappa shape index (κ1) is 21.3. The lowest BCUT2D eigenvalue weighted by Gasteiger charge is -2.27. The van der Waals surface area contributed by atoms with Gasteiger partial charge in [0.2, 0.25) is 5.91 Å². The zero-order valence-corrected chi connectivity index (χ0v) is 17.6. The average molecular weight is 396 g/mol. The molecule has 2 aromatic rings. The van der Waals surface area contributed by atoms with Gasteiger partial charge in [0.05, 0.1) is 13.2 Å². The molecular formula is C24H33N3O2. The molecule has 5 heteroatoms. The van der Waals surface area contributed by atoms with Gasteiger partial charge in [-0.2, -0.15) is 0 Å². The van der Waals surface area contributed by atoms with Gasteiger partial charge in [-0.15, -0.1) is 0 Å². The van der Waals surface area contributed by atoms with Gasteiger partial charge in [0.25, 0.3) is 0 Å². The molecule has 1 N–H and O–H groups in total. The molecule has 1 atom stereocenters. The first-order chi connectivity index (χ1) is 14.1. The molecule has 1 saturated heterocycles. The SMILES string of the molecule is CCOc1ccc(NC(=O)CN2CCC[C@H](N(C)Cc3ccccc3)CC2)cc1. The van der Waals surface area contributed by atoms with Crippen LogP contribution in [0.5, 0.6) is 5.75 Å². The second-order valence-corrected chi connectivity index (χ2v) is 7.77. The Labute approximate surface area is 174 Å². The van der Waals surface area contributed by atoms with Crippen molar-refractivity contribution in [2.75, 3.05) is 38.6 Å². The number of nitrogens with one attached hydrogen (secondary N) is 1. The Morgan fingerprint density at radius 2 is 1.86 bits per heavy atom. The molecule has 0 radical (unpaired) electrons. The van der Waals surface area contributed by atoms with E-state index in [2.05, 4.69) is 52.5 Å². The van der Waals surface area contributed by atoms with Gasteiger partial charge in [-0.25, -0.2) is 0 Å². The van der Waals surface area contributed by atoms with E-state index in [4.69, 9.17) is 4.74 Å². The molecule has 0 aromatic heterocycles. The molecule has 2 aromatic carbocycles. The molecule has 1 fully saturated rings. The number of nitrogens with zero attached hydrogens (tertiary/aromatic N) is 2. The van der Waals surface area contributed by atoms with Gasteiger partial charge < -0.3 is 10.1 Å². The van der Waals surface area contributed by atoms with Crippen molar-refractivity contribution in [3.05, 3.63) is 60.2 Å². The molecule has 156 valence electrons. The van der Waals surface area contributed by atoms with E-state index in [-0.39, 0.29) is 5.91 Å². The van der Waals surface area contributed by atoms with Crippen LogP contribution >= 0.6 is 0 Å². The van der Waals surface area contributed by atoms with Gasteiger partial charge in [-0.3, -0.25) is 14.6 Å². The van der Waals surface area contributed by atoms with Crippen molar-refractivity contribution in [1.82, 2.24) is 9.80 Å². The van der Waals surface area contributed by atoms with Crippen LogP contribution in [0.15, 0.2) is 54.6 Å². The van der Waals surface area contributed by atoms with Crippen LogP contribution in [0.25, 0.3) is 0 Å². The number of hydrogen-bond donors (Lipinski definition) is 1. The molecule has 3 rings (SSSR count). The summed E-state index contributed by atoms with van der Waals surface area (Å²) in [4.78, 5) is 17.2. The third-order valence-electron chi connectivity index (χ3n) is 5.50. The maximum absolute atomic E-state index is 12.5. The molecule has 1 amide bonds. The van der Waals surface area contributed by atoms with Crippen LogP contribution in [0.4, 0.5) is 5.69 Å². The Morgan fingerprint density at radius 3 is 2.59 bits per heavy atom. The lowest BCUT2D eigenvalue weighted by atomic mass is 10.1. The fraction of sp³-hybridized carbons (Fsp3) is 0.458. The Balaban J connectivity index is 1.44. The zero-order valence-electron chi connectivity index (χ0n) is 17.6. The molecule has 0 saturated carbocycles. The van der Waals surface area contributed by atoms with E-state index in [9.17, 15) is 4.79 Å². The smallest absolute Gasteiger partial charge is 0.238 e. The van der Waals surface area contributed by atoms with Crippen molar-refractivity contribution in [3.8, 4) is 5.75 Å². The molecule has 0 aliphatic carbocycles. The van der Waals surface area contributed by atoms with Crippen LogP contribution in [-0.2, 0) is 11.3 Å². The molecule has 5 nitrogen and oxygen atoms in total. The molecular weight excluding hydrogens is 362 g/mol. The Bertz CT molecular complexity index is 748. The summed E-state index contributed by atoms with van der Waals surface area (Å²) >= 11 is 0. The summed E-state index contributed by atoms with van der Waals surface area (Å²) in [6.45, 7) is 5.96. The van der Waals surface area contributed by atoms with Gasteiger partial charge in [-0.05, 0) is 69.6 Å². The second-order valence-electron chi connectivity index (χ2n) is 7.77. The summed E-state index contributed by atoms with van der Waals surface area (Å²) in [7, 11) is 2.21. The van der Waals surface area contributed by atoms with Crippen LogP contribution in [0, 0.1) is 0 Å². The largest absolute Gasteiger partial charge is 0.494 e. The minimum Gasteiger partial charge on any atom is -0.494 e. The van der Waals surface area contributed by atoms with Crippen molar-refractivity contribution in [3.63, 3.8) is 0 Å². The van der Waals surface area contributed by atoms with Crippen molar-refractivity contribution < 1.29 is 9.53 Å². The quantitative estimate of drug-likeness (QED) is 0.734. The number of amides is 1. The summed E-state index contributed by atoms with van der Waals surface area (Å²) in [6, 6.07) is 18.7. The summed E-state index contributed by atoms with van der Waals surface area (Å²) in [6.07, 6.45) is 3.40. The van der Waals surface area contributed by atoms with Crippen molar-refractivity contribution in [2.45, 2.75) is 38.8 Å². The fourth-order valence-corrected chi connectivity index (χ4v) is 3.94. The first-order valence-corrected chi connectivity index (χ1v) is 10.6. The summed E-state index contributed by atoms with van der Waals surface area (Å²) < 4.78 is 5.44. The molecule has 0 unspecified atom stereocenters. The number of benzene rings is 2. The highest BCUT2D eigenvalue weighted by Crippen LogP contribution is 2.19. The predicted molar refractivity (Wildman–Crippen MR) is 118 cm³/mol. The number of ether oxygens (including phenoxy) is 1. The summed E-state index contributed by atoms with van der Waals surface area (Å²) in [5.74, 6) is 0.869. The van der Waals surface area contributed by atoms with E-state index in [0.717, 1.165) is 43.9 Å². The minimum absolute atomic E-state index is 0.0465. The standard InChI is InChI=1S/C24H33N3O2/c1-3-29-23-13-11-21(12-14-23)25-24(28)19-27-16-7-10-22(15-17-27)26(2)18-20-8-5-4-6-9-20/h4-6,8-9,11-14,22H,3,7,10,15-19H2,1-2H3,(H,25,28)/t22-/m0/s1. The van der Waals surface area contributed by atoms with Gasteiger partial charge in [0, 0.05) is 24.8 Å². The van der Waals surface area contributed by atoms with E-state index in [1.807, 2.05) is 31.2 Å². The third kappa shape index (κ3) is 6.87. The number of carbonyl (C=O) groups excluding carboxylic acids is 1. The zero-order chi connectivity index (χ0) is 20.5. The number of anilines is 1. The number of carbonyl (C=O) groups is 1. The highest BCUT2D eigenvalue weighted by atomic mass is 16.5. The van der Waals surface area contributed by atoms with Gasteiger partial charge in [0.15, 0.2) is 0 Å². The van der Waals surface area contributed by atoms with Gasteiger partial charge >= 0.3 is 0 Å². The normalized spacial score (nSPS) is 17.7. The van der Waals surface area contributed by atoms with E-state index in [1.54, 1.807) is 0 Å². The van der Waals surface area contributed by atoms with Gasteiger partial charge in [0.1, 0.15) is 5.75 Å². The van der Waals surface area contributed by atoms with E-state index < -0.39 is 0 Å². The minimum atomic E-state index is 0.0465. The molecule has 29 heavy (non-hydrogen) atoms. The van der Waals surface area contributed by atoms with Crippen LogP contribution < -0.4 is 10.1 Å². The molecule has 0 spiro atoms. The van der Waals surface area contributed by atoms with Crippen molar-refractivity contribution >= 4 is 11.6 Å². The maximum atomic E-state index is 12.5. The number of hydrogen-bond acceptors (Lipinski definition) is 4. The highest BCUT2D eigenvalue weighted by Gasteiger charge is 2.21. The Kier molecular flexibility index (Phi) is 8.08. The average Bonchev–Trinajstić information content (AvgIpc) is 2.96. The monoisotopic (exact) mass is 395 g/mol. The Hall–Kier alpha value is -2.37. The van der Waals surface area contributed by atoms with Crippen LogP contribution in [-0.4, -0.2) is 55.0 Å². The highest BCUT2D eigenvalue weighted by molar-refractivity contribution is 5.92. The predicted octanol–water partition coefficient (Wildman–Crippen LogP) is 4.01. The number of likely N-dealkylation sites (tertiary alicyclic amines) is 1. The Morgan fingerprint density at radius 1 is 1.10 bits per heavy atom. The molecule has 1 aliphatic heterocycles. The summed E-state index contributed by atoms with van der Waals surface area (Å²) in [5.41, 5.74) is 2.17. The first-order valence-electron chi connectivity index (χ1n) is 10.6. The molecule has 0 bridgehead atoms. The van der Waals surface area contributed by atoms with Crippen molar-refractivity contribution in [2.24, 2.45) is 0 Å². The molecule has 1 aliphatic rings. The molecule has 1 heterocycles. The van der Waals surface area contributed by atoms with E-state index >= 15 is 0 Å². The lowest BCUT2D eigenvalue weighted by molar-refractivity contribution is -0.117. The van der Waals surface area contributed by atoms with Crippen LogP contribution in [0.1, 0.15) is 31.7 Å². The van der Waals surface area contributed by atoms with Crippen LogP contribution in [0.3, 0.4) is 0 Å². The summed E-state index contributed by atoms with van der Waals surface area (Å²) in [5, 5.41) is 3.00.